The largest absolute Gasteiger partial charge is 0.490 e. The Labute approximate surface area is 287 Å². The fourth-order valence-corrected chi connectivity index (χ4v) is 4.76. The van der Waals surface area contributed by atoms with Gasteiger partial charge in [-0.15, -0.1) is 0 Å². The zero-order valence-corrected chi connectivity index (χ0v) is 28.5. The molecule has 2 atom stereocenters. The van der Waals surface area contributed by atoms with Crippen LogP contribution in [0.4, 0.5) is 8.78 Å². The lowest BCUT2D eigenvalue weighted by molar-refractivity contribution is -0.185. The molecule has 49 heavy (non-hydrogen) atoms. The third-order valence-electron chi connectivity index (χ3n) is 7.77. The van der Waals surface area contributed by atoms with Gasteiger partial charge in [-0.25, -0.2) is 0 Å². The van der Waals surface area contributed by atoms with Crippen LogP contribution in [0.3, 0.4) is 0 Å². The van der Waals surface area contributed by atoms with Gasteiger partial charge in [-0.3, -0.25) is 9.59 Å². The van der Waals surface area contributed by atoms with Crippen molar-refractivity contribution in [2.75, 3.05) is 39.6 Å². The number of carbonyl (C=O) groups is 2. The Morgan fingerprint density at radius 3 is 1.73 bits per heavy atom. The van der Waals surface area contributed by atoms with Crippen molar-refractivity contribution < 1.29 is 52.3 Å². The summed E-state index contributed by atoms with van der Waals surface area (Å²) in [6.45, 7) is 4.88. The lowest BCUT2D eigenvalue weighted by atomic mass is 9.95. The van der Waals surface area contributed by atoms with Crippen LogP contribution in [0.25, 0.3) is 11.1 Å². The number of ether oxygens (including phenoxy) is 5. The molecule has 9 nitrogen and oxygen atoms in total. The molecule has 0 saturated heterocycles. The summed E-state index contributed by atoms with van der Waals surface area (Å²) >= 11 is 0. The second kappa shape index (κ2) is 20.3. The maximum atomic E-state index is 15.3. The van der Waals surface area contributed by atoms with Crippen LogP contribution in [0, 0.1) is 11.8 Å². The highest BCUT2D eigenvalue weighted by atomic mass is 19.3. The summed E-state index contributed by atoms with van der Waals surface area (Å²) in [5, 5.41) is 18.0. The number of aliphatic hydroxyl groups excluding tert-OH is 2. The molecule has 0 aliphatic heterocycles. The lowest BCUT2D eigenvalue weighted by Gasteiger charge is -2.20. The standard InChI is InChI=1S/C38H48F2O9/c1-4-5-6-7-8-9-30-24-34(18-19-35(30)29-10-14-32(15-11-29)45-20-22-47-36(43)27(2)25-41)49-38(39,40)31-12-16-33(17-13-31)46-21-23-48-37(44)28(3)26-42/h10-19,24,27-28,41-42H,4-9,20-23,25-26H2,1-3H3. The highest BCUT2D eigenvalue weighted by molar-refractivity contribution is 5.72. The first kappa shape index (κ1) is 39.2. The fraction of sp³-hybridized carbons (Fsp3) is 0.474. The molecule has 0 heterocycles. The van der Waals surface area contributed by atoms with E-state index in [0.29, 0.717) is 17.9 Å². The normalized spacial score (nSPS) is 12.6. The molecule has 0 bridgehead atoms. The van der Waals surface area contributed by atoms with Crippen molar-refractivity contribution in [3.8, 4) is 28.4 Å². The van der Waals surface area contributed by atoms with Gasteiger partial charge in [-0.1, -0.05) is 50.8 Å². The van der Waals surface area contributed by atoms with E-state index in [9.17, 15) is 9.59 Å². The number of benzene rings is 3. The van der Waals surface area contributed by atoms with Gasteiger partial charge in [0.1, 0.15) is 43.7 Å². The van der Waals surface area contributed by atoms with E-state index in [1.165, 1.54) is 30.3 Å². The quantitative estimate of drug-likeness (QED) is 0.0843. The molecule has 0 aliphatic carbocycles. The molecular weight excluding hydrogens is 638 g/mol. The molecule has 0 spiro atoms. The molecule has 3 rings (SSSR count). The number of hydrogen-bond acceptors (Lipinski definition) is 9. The molecule has 268 valence electrons. The first-order valence-corrected chi connectivity index (χ1v) is 16.8. The minimum Gasteiger partial charge on any atom is -0.490 e. The predicted molar refractivity (Wildman–Crippen MR) is 181 cm³/mol. The first-order chi connectivity index (χ1) is 23.6. The van der Waals surface area contributed by atoms with Gasteiger partial charge in [0.05, 0.1) is 30.6 Å². The highest BCUT2D eigenvalue weighted by Gasteiger charge is 2.34. The van der Waals surface area contributed by atoms with E-state index in [1.807, 2.05) is 12.1 Å². The van der Waals surface area contributed by atoms with Crippen LogP contribution in [-0.4, -0.2) is 61.8 Å². The van der Waals surface area contributed by atoms with E-state index in [0.717, 1.165) is 48.8 Å². The summed E-state index contributed by atoms with van der Waals surface area (Å²) in [4.78, 5) is 23.3. The van der Waals surface area contributed by atoms with E-state index in [2.05, 4.69) is 6.92 Å². The molecular formula is C38H48F2O9. The zero-order valence-electron chi connectivity index (χ0n) is 28.5. The van der Waals surface area contributed by atoms with E-state index in [1.54, 1.807) is 38.1 Å². The number of halogens is 2. The maximum Gasteiger partial charge on any atom is 0.426 e. The molecule has 2 unspecified atom stereocenters. The number of rotatable bonds is 22. The number of alkyl halides is 2. The number of aryl methyl sites for hydroxylation is 1. The van der Waals surface area contributed by atoms with Gasteiger partial charge in [-0.05, 0) is 91.9 Å². The summed E-state index contributed by atoms with van der Waals surface area (Å²) in [5.74, 6) is -1.29. The minimum absolute atomic E-state index is 0.0299. The van der Waals surface area contributed by atoms with Gasteiger partial charge >= 0.3 is 18.0 Å². The molecule has 3 aromatic rings. The van der Waals surface area contributed by atoms with Crippen LogP contribution in [0.1, 0.15) is 64.0 Å². The molecule has 0 amide bonds. The number of aliphatic hydroxyl groups is 2. The molecule has 0 aliphatic rings. The number of carbonyl (C=O) groups excluding carboxylic acids is 2. The fourth-order valence-electron chi connectivity index (χ4n) is 4.76. The van der Waals surface area contributed by atoms with E-state index in [-0.39, 0.29) is 51.0 Å². The Hall–Kier alpha value is -4.22. The molecule has 0 fully saturated rings. The second-order valence-corrected chi connectivity index (χ2v) is 11.8. The molecule has 11 heteroatoms. The van der Waals surface area contributed by atoms with Gasteiger partial charge in [0.25, 0.3) is 0 Å². The minimum atomic E-state index is -3.61. The summed E-state index contributed by atoms with van der Waals surface area (Å²) in [6, 6.07) is 17.6. The maximum absolute atomic E-state index is 15.3. The van der Waals surface area contributed by atoms with Gasteiger partial charge in [-0.2, -0.15) is 8.78 Å². The monoisotopic (exact) mass is 686 g/mol. The Morgan fingerprint density at radius 2 is 1.20 bits per heavy atom. The Morgan fingerprint density at radius 1 is 0.694 bits per heavy atom. The van der Waals surface area contributed by atoms with Crippen molar-refractivity contribution in [3.05, 3.63) is 77.9 Å². The third-order valence-corrected chi connectivity index (χ3v) is 7.77. The first-order valence-electron chi connectivity index (χ1n) is 16.8. The molecule has 0 aromatic heterocycles. The number of hydrogen-bond donors (Lipinski definition) is 2. The Bertz CT molecular complexity index is 1430. The Kier molecular flexibility index (Phi) is 16.3. The van der Waals surface area contributed by atoms with E-state index in [4.69, 9.17) is 33.9 Å². The second-order valence-electron chi connectivity index (χ2n) is 11.8. The zero-order chi connectivity index (χ0) is 35.6. The van der Waals surface area contributed by atoms with E-state index < -0.39 is 29.9 Å². The SMILES string of the molecule is CCCCCCCc1cc(OC(F)(F)c2ccc(OCCOC(=O)C(C)CO)cc2)ccc1-c1ccc(OCCOC(=O)C(C)CO)cc1. The summed E-state index contributed by atoms with van der Waals surface area (Å²) in [6.07, 6.45) is 2.38. The van der Waals surface area contributed by atoms with Gasteiger partial charge in [0.2, 0.25) is 0 Å². The number of esters is 2. The number of unbranched alkanes of at least 4 members (excludes halogenated alkanes) is 4. The van der Waals surface area contributed by atoms with E-state index >= 15 is 8.78 Å². The summed E-state index contributed by atoms with van der Waals surface area (Å²) in [7, 11) is 0. The summed E-state index contributed by atoms with van der Waals surface area (Å²) < 4.78 is 57.1. The molecule has 3 aromatic carbocycles. The topological polar surface area (TPSA) is 121 Å². The molecule has 0 saturated carbocycles. The van der Waals surface area contributed by atoms with Crippen molar-refractivity contribution in [3.63, 3.8) is 0 Å². The van der Waals surface area contributed by atoms with Gasteiger partial charge < -0.3 is 33.9 Å². The average Bonchev–Trinajstić information content (AvgIpc) is 3.11. The van der Waals surface area contributed by atoms with Crippen LogP contribution in [0.5, 0.6) is 17.2 Å². The highest BCUT2D eigenvalue weighted by Crippen LogP contribution is 2.36. The van der Waals surface area contributed by atoms with Crippen LogP contribution in [-0.2, 0) is 31.6 Å². The predicted octanol–water partition coefficient (Wildman–Crippen LogP) is 7.10. The van der Waals surface area contributed by atoms with Crippen LogP contribution >= 0.6 is 0 Å². The van der Waals surface area contributed by atoms with Crippen LogP contribution < -0.4 is 14.2 Å². The molecule has 0 radical (unpaired) electrons. The van der Waals surface area contributed by atoms with Crippen molar-refractivity contribution in [2.24, 2.45) is 11.8 Å². The summed E-state index contributed by atoms with van der Waals surface area (Å²) in [5.41, 5.74) is 2.34. The average molecular weight is 687 g/mol. The molecule has 2 N–H and O–H groups in total. The third kappa shape index (κ3) is 13.0. The van der Waals surface area contributed by atoms with Crippen LogP contribution in [0.2, 0.25) is 0 Å². The van der Waals surface area contributed by atoms with Crippen molar-refractivity contribution in [2.45, 2.75) is 65.4 Å². The lowest BCUT2D eigenvalue weighted by Crippen LogP contribution is -2.22. The van der Waals surface area contributed by atoms with Gasteiger partial charge in [0, 0.05) is 0 Å². The van der Waals surface area contributed by atoms with Crippen molar-refractivity contribution in [1.82, 2.24) is 0 Å². The van der Waals surface area contributed by atoms with Gasteiger partial charge in [0.15, 0.2) is 0 Å². The smallest absolute Gasteiger partial charge is 0.426 e. The van der Waals surface area contributed by atoms with Crippen molar-refractivity contribution >= 4 is 11.9 Å². The van der Waals surface area contributed by atoms with Crippen LogP contribution in [0.15, 0.2) is 66.7 Å². The Balaban J connectivity index is 1.65. The van der Waals surface area contributed by atoms with Crippen molar-refractivity contribution in [1.29, 1.82) is 0 Å².